The number of thiocarbonyl (C=S) groups is 1. The molecule has 0 atom stereocenters. The molecule has 31 heavy (non-hydrogen) atoms. The van der Waals surface area contributed by atoms with E-state index < -0.39 is 5.92 Å². The van der Waals surface area contributed by atoms with E-state index in [0.717, 1.165) is 29.0 Å². The Bertz CT molecular complexity index is 951. The molecule has 0 bridgehead atoms. The molecule has 0 heterocycles. The summed E-state index contributed by atoms with van der Waals surface area (Å²) in [7, 11) is 0. The van der Waals surface area contributed by atoms with E-state index in [1.54, 1.807) is 0 Å². The molecule has 0 aliphatic heterocycles. The van der Waals surface area contributed by atoms with Crippen molar-refractivity contribution in [2.45, 2.75) is 26.2 Å². The van der Waals surface area contributed by atoms with E-state index >= 15 is 0 Å². The fourth-order valence-corrected chi connectivity index (χ4v) is 3.43. The summed E-state index contributed by atoms with van der Waals surface area (Å²) in [5.41, 5.74) is 2.59. The van der Waals surface area contributed by atoms with Crippen molar-refractivity contribution in [3.8, 4) is 5.75 Å². The summed E-state index contributed by atoms with van der Waals surface area (Å²) in [5.74, 6) is 0.726. The van der Waals surface area contributed by atoms with Crippen molar-refractivity contribution in [1.82, 2.24) is 5.32 Å². The van der Waals surface area contributed by atoms with Crippen LogP contribution in [0, 0.1) is 5.92 Å². The van der Waals surface area contributed by atoms with Gasteiger partial charge in [0.2, 0.25) is 5.91 Å². The van der Waals surface area contributed by atoms with Gasteiger partial charge in [0.1, 0.15) is 5.75 Å². The van der Waals surface area contributed by atoms with E-state index in [1.165, 1.54) is 0 Å². The molecule has 0 saturated carbocycles. The minimum Gasteiger partial charge on any atom is -0.494 e. The quantitative estimate of drug-likeness (QED) is 0.445. The number of rotatable bonds is 8. The summed E-state index contributed by atoms with van der Waals surface area (Å²) in [6.45, 7) is 5.00. The van der Waals surface area contributed by atoms with Gasteiger partial charge in [-0.15, -0.1) is 0 Å². The zero-order chi connectivity index (χ0) is 22.1. The van der Waals surface area contributed by atoms with Crippen LogP contribution in [0.2, 0.25) is 0 Å². The Morgan fingerprint density at radius 3 is 2.10 bits per heavy atom. The average molecular weight is 433 g/mol. The number of hydrogen-bond donors (Lipinski definition) is 2. The molecule has 3 aromatic carbocycles. The van der Waals surface area contributed by atoms with Crippen molar-refractivity contribution < 1.29 is 9.53 Å². The number of carbonyl (C=O) groups is 1. The van der Waals surface area contributed by atoms with Gasteiger partial charge in [0, 0.05) is 11.8 Å². The highest BCUT2D eigenvalue weighted by Gasteiger charge is 2.23. The molecule has 3 aromatic rings. The number of amides is 1. The minimum absolute atomic E-state index is 0.181. The summed E-state index contributed by atoms with van der Waals surface area (Å²) in [4.78, 5) is 13.2. The second kappa shape index (κ2) is 11.3. The average Bonchev–Trinajstić information content (AvgIpc) is 2.75. The van der Waals surface area contributed by atoms with Crippen molar-refractivity contribution in [2.24, 2.45) is 5.92 Å². The zero-order valence-electron chi connectivity index (χ0n) is 17.9. The Kier molecular flexibility index (Phi) is 8.19. The molecule has 0 spiro atoms. The first-order valence-electron chi connectivity index (χ1n) is 10.5. The second-order valence-electron chi connectivity index (χ2n) is 7.76. The molecule has 1 amide bonds. The molecule has 0 saturated heterocycles. The SMILES string of the molecule is CC(C)CCOc1cccc(NC(=S)NC(=O)C(c2ccccc2)c2ccccc2)c1. The first kappa shape index (κ1) is 22.5. The predicted molar refractivity (Wildman–Crippen MR) is 130 cm³/mol. The summed E-state index contributed by atoms with van der Waals surface area (Å²) in [5, 5.41) is 6.18. The normalized spacial score (nSPS) is 10.7. The predicted octanol–water partition coefficient (Wildman–Crippen LogP) is 5.76. The van der Waals surface area contributed by atoms with E-state index in [4.69, 9.17) is 17.0 Å². The topological polar surface area (TPSA) is 50.4 Å². The second-order valence-corrected chi connectivity index (χ2v) is 8.16. The van der Waals surface area contributed by atoms with Gasteiger partial charge in [0.15, 0.2) is 5.11 Å². The Morgan fingerprint density at radius 1 is 0.903 bits per heavy atom. The molecule has 0 fully saturated rings. The molecule has 0 aliphatic rings. The fraction of sp³-hybridized carbons (Fsp3) is 0.231. The van der Waals surface area contributed by atoms with Gasteiger partial charge in [0.05, 0.1) is 12.5 Å². The van der Waals surface area contributed by atoms with Crippen molar-refractivity contribution in [2.75, 3.05) is 11.9 Å². The maximum atomic E-state index is 13.2. The number of hydrogen-bond acceptors (Lipinski definition) is 3. The van der Waals surface area contributed by atoms with Gasteiger partial charge in [0.25, 0.3) is 0 Å². The van der Waals surface area contributed by atoms with Crippen LogP contribution in [0.25, 0.3) is 0 Å². The molecule has 0 aliphatic carbocycles. The highest BCUT2D eigenvalue weighted by molar-refractivity contribution is 7.80. The third-order valence-electron chi connectivity index (χ3n) is 4.82. The zero-order valence-corrected chi connectivity index (χ0v) is 18.7. The summed E-state index contributed by atoms with van der Waals surface area (Å²) < 4.78 is 5.80. The van der Waals surface area contributed by atoms with Crippen LogP contribution in [-0.2, 0) is 4.79 Å². The minimum atomic E-state index is -0.451. The van der Waals surface area contributed by atoms with E-state index in [2.05, 4.69) is 24.5 Å². The van der Waals surface area contributed by atoms with Crippen LogP contribution in [0.4, 0.5) is 5.69 Å². The lowest BCUT2D eigenvalue weighted by Crippen LogP contribution is -2.37. The standard InChI is InChI=1S/C26H28N2O2S/c1-19(2)16-17-30-23-15-9-14-22(18-23)27-26(31)28-25(29)24(20-10-5-3-6-11-20)21-12-7-4-8-13-21/h3-15,18-19,24H,16-17H2,1-2H3,(H2,27,28,29,31). The lowest BCUT2D eigenvalue weighted by atomic mass is 9.90. The van der Waals surface area contributed by atoms with Crippen LogP contribution >= 0.6 is 12.2 Å². The first-order chi connectivity index (χ1) is 15.0. The third-order valence-corrected chi connectivity index (χ3v) is 5.02. The van der Waals surface area contributed by atoms with Crippen LogP contribution in [0.5, 0.6) is 5.75 Å². The Morgan fingerprint density at radius 2 is 1.52 bits per heavy atom. The van der Waals surface area contributed by atoms with Gasteiger partial charge in [-0.2, -0.15) is 0 Å². The lowest BCUT2D eigenvalue weighted by Gasteiger charge is -2.19. The summed E-state index contributed by atoms with van der Waals surface area (Å²) in [6, 6.07) is 27.0. The van der Waals surface area contributed by atoms with Gasteiger partial charge in [-0.05, 0) is 47.8 Å². The number of anilines is 1. The van der Waals surface area contributed by atoms with Crippen molar-refractivity contribution >= 4 is 28.9 Å². The van der Waals surface area contributed by atoms with Crippen molar-refractivity contribution in [3.05, 3.63) is 96.1 Å². The number of ether oxygens (including phenoxy) is 1. The fourth-order valence-electron chi connectivity index (χ4n) is 3.21. The molecule has 5 heteroatoms. The molecular weight excluding hydrogens is 404 g/mol. The van der Waals surface area contributed by atoms with Gasteiger partial charge >= 0.3 is 0 Å². The maximum Gasteiger partial charge on any atom is 0.238 e. The van der Waals surface area contributed by atoms with E-state index in [-0.39, 0.29) is 11.0 Å². The summed E-state index contributed by atoms with van der Waals surface area (Å²) in [6.07, 6.45) is 0.993. The number of nitrogens with one attached hydrogen (secondary N) is 2. The molecule has 4 nitrogen and oxygen atoms in total. The van der Waals surface area contributed by atoms with Gasteiger partial charge in [-0.3, -0.25) is 4.79 Å². The highest BCUT2D eigenvalue weighted by Crippen LogP contribution is 2.25. The largest absolute Gasteiger partial charge is 0.494 e. The van der Waals surface area contributed by atoms with E-state index in [1.807, 2.05) is 84.9 Å². The molecule has 2 N–H and O–H groups in total. The van der Waals surface area contributed by atoms with Crippen LogP contribution in [0.1, 0.15) is 37.3 Å². The van der Waals surface area contributed by atoms with E-state index in [9.17, 15) is 4.79 Å². The summed E-state index contributed by atoms with van der Waals surface area (Å²) >= 11 is 5.41. The van der Waals surface area contributed by atoms with E-state index in [0.29, 0.717) is 12.5 Å². The van der Waals surface area contributed by atoms with Crippen LogP contribution in [0.3, 0.4) is 0 Å². The van der Waals surface area contributed by atoms with Crippen molar-refractivity contribution in [3.63, 3.8) is 0 Å². The number of carbonyl (C=O) groups excluding carboxylic acids is 1. The van der Waals surface area contributed by atoms with Crippen LogP contribution < -0.4 is 15.4 Å². The highest BCUT2D eigenvalue weighted by atomic mass is 32.1. The first-order valence-corrected chi connectivity index (χ1v) is 10.9. The monoisotopic (exact) mass is 432 g/mol. The van der Waals surface area contributed by atoms with Gasteiger partial charge in [-0.25, -0.2) is 0 Å². The molecule has 0 aromatic heterocycles. The smallest absolute Gasteiger partial charge is 0.238 e. The molecular formula is C26H28N2O2S. The third kappa shape index (κ3) is 6.93. The Hall–Kier alpha value is -3.18. The maximum absolute atomic E-state index is 13.2. The Balaban J connectivity index is 1.67. The lowest BCUT2D eigenvalue weighted by molar-refractivity contribution is -0.120. The molecule has 0 radical (unpaired) electrons. The Labute approximate surface area is 189 Å². The van der Waals surface area contributed by atoms with Crippen LogP contribution in [-0.4, -0.2) is 17.6 Å². The van der Waals surface area contributed by atoms with Crippen molar-refractivity contribution in [1.29, 1.82) is 0 Å². The van der Waals surface area contributed by atoms with Crippen LogP contribution in [0.15, 0.2) is 84.9 Å². The molecule has 3 rings (SSSR count). The molecule has 160 valence electrons. The van der Waals surface area contributed by atoms with Gasteiger partial charge < -0.3 is 15.4 Å². The van der Waals surface area contributed by atoms with Gasteiger partial charge in [-0.1, -0.05) is 80.6 Å². The number of benzene rings is 3. The molecule has 0 unspecified atom stereocenters.